The minimum absolute atomic E-state index is 0.208. The summed E-state index contributed by atoms with van der Waals surface area (Å²) in [6, 6.07) is 0. The first-order valence-corrected chi connectivity index (χ1v) is 6.57. The zero-order valence-corrected chi connectivity index (χ0v) is 12.5. The molecule has 0 bridgehead atoms. The topological polar surface area (TPSA) is 77.1 Å². The fourth-order valence-corrected chi connectivity index (χ4v) is 2.06. The Labute approximate surface area is 125 Å². The molecule has 0 unspecified atom stereocenters. The highest BCUT2D eigenvalue weighted by molar-refractivity contribution is 6.33. The third-order valence-corrected chi connectivity index (χ3v) is 3.14. The molecular formula is C12H14ClFN6O. The van der Waals surface area contributed by atoms with Gasteiger partial charge in [0.05, 0.1) is 28.7 Å². The van der Waals surface area contributed by atoms with E-state index in [2.05, 4.69) is 20.7 Å². The summed E-state index contributed by atoms with van der Waals surface area (Å²) in [6.45, 7) is 3.97. The van der Waals surface area contributed by atoms with Crippen molar-refractivity contribution in [3.63, 3.8) is 0 Å². The largest absolute Gasteiger partial charge is 0.291 e. The molecular weight excluding hydrogens is 299 g/mol. The van der Waals surface area contributed by atoms with Crippen LogP contribution in [0.1, 0.15) is 28.7 Å². The average molecular weight is 313 g/mol. The minimum Gasteiger partial charge on any atom is -0.266 e. The molecule has 0 fully saturated rings. The van der Waals surface area contributed by atoms with Crippen LogP contribution in [0.15, 0.2) is 11.3 Å². The number of aryl methyl sites for hydroxylation is 3. The highest BCUT2D eigenvalue weighted by atomic mass is 35.5. The minimum atomic E-state index is -0.526. The lowest BCUT2D eigenvalue weighted by molar-refractivity contribution is 0.0944. The van der Waals surface area contributed by atoms with E-state index in [1.165, 1.54) is 24.1 Å². The average Bonchev–Trinajstić information content (AvgIpc) is 2.93. The van der Waals surface area contributed by atoms with E-state index in [9.17, 15) is 9.18 Å². The highest BCUT2D eigenvalue weighted by Gasteiger charge is 2.16. The number of carbonyl (C=O) groups excluding carboxylic acids is 1. The fraction of sp³-hybridized carbons (Fsp3) is 0.333. The van der Waals surface area contributed by atoms with E-state index in [-0.39, 0.29) is 16.3 Å². The molecule has 0 aliphatic carbocycles. The number of amides is 1. The normalized spacial score (nSPS) is 11.3. The van der Waals surface area contributed by atoms with Crippen molar-refractivity contribution in [3.8, 4) is 0 Å². The predicted molar refractivity (Wildman–Crippen MR) is 75.9 cm³/mol. The Morgan fingerprint density at radius 3 is 2.90 bits per heavy atom. The van der Waals surface area contributed by atoms with Gasteiger partial charge in [-0.25, -0.2) is 10.1 Å². The van der Waals surface area contributed by atoms with Gasteiger partial charge in [0, 0.05) is 13.6 Å². The lowest BCUT2D eigenvalue weighted by atomic mass is 10.3. The molecule has 0 aliphatic rings. The molecule has 2 aromatic rings. The van der Waals surface area contributed by atoms with Gasteiger partial charge >= 0.3 is 0 Å². The molecule has 2 aromatic heterocycles. The molecule has 112 valence electrons. The zero-order valence-electron chi connectivity index (χ0n) is 11.8. The number of carbonyl (C=O) groups is 1. The predicted octanol–water partition coefficient (Wildman–Crippen LogP) is 1.50. The van der Waals surface area contributed by atoms with Crippen LogP contribution in [0.25, 0.3) is 0 Å². The van der Waals surface area contributed by atoms with Crippen LogP contribution in [0.3, 0.4) is 0 Å². The maximum atomic E-state index is 13.7. The van der Waals surface area contributed by atoms with Crippen LogP contribution in [0, 0.1) is 12.9 Å². The summed E-state index contributed by atoms with van der Waals surface area (Å²) in [5.41, 5.74) is 3.19. The van der Waals surface area contributed by atoms with Crippen LogP contribution in [-0.4, -0.2) is 31.7 Å². The molecule has 0 radical (unpaired) electrons. The van der Waals surface area contributed by atoms with Gasteiger partial charge in [0.2, 0.25) is 5.95 Å². The summed E-state index contributed by atoms with van der Waals surface area (Å²) >= 11 is 5.90. The Kier molecular flexibility index (Phi) is 4.37. The molecule has 0 saturated heterocycles. The van der Waals surface area contributed by atoms with Crippen LogP contribution >= 0.6 is 11.6 Å². The fourth-order valence-electron chi connectivity index (χ4n) is 1.83. The summed E-state index contributed by atoms with van der Waals surface area (Å²) in [7, 11) is 1.48. The van der Waals surface area contributed by atoms with Crippen LogP contribution < -0.4 is 5.43 Å². The van der Waals surface area contributed by atoms with Gasteiger partial charge in [0.15, 0.2) is 0 Å². The van der Waals surface area contributed by atoms with Crippen LogP contribution in [-0.2, 0) is 13.6 Å². The first-order chi connectivity index (χ1) is 9.95. The van der Waals surface area contributed by atoms with E-state index in [0.29, 0.717) is 12.2 Å². The second kappa shape index (κ2) is 6.04. The van der Waals surface area contributed by atoms with Crippen LogP contribution in [0.2, 0.25) is 5.02 Å². The molecule has 1 amide bonds. The SMILES string of the molecule is CCn1ncc(Cl)c1C(=O)NN=Cc1c(C)nn(C)c1F. The zero-order chi connectivity index (χ0) is 15.6. The van der Waals surface area contributed by atoms with Gasteiger partial charge in [-0.2, -0.15) is 19.7 Å². The molecule has 9 heteroatoms. The van der Waals surface area contributed by atoms with Gasteiger partial charge in [0.1, 0.15) is 5.69 Å². The van der Waals surface area contributed by atoms with E-state index in [0.717, 1.165) is 4.68 Å². The van der Waals surface area contributed by atoms with E-state index >= 15 is 0 Å². The Morgan fingerprint density at radius 2 is 2.33 bits per heavy atom. The Morgan fingerprint density at radius 1 is 1.62 bits per heavy atom. The molecule has 0 saturated carbocycles. The first kappa shape index (κ1) is 15.2. The molecule has 2 rings (SSSR count). The third-order valence-electron chi connectivity index (χ3n) is 2.87. The van der Waals surface area contributed by atoms with Crippen molar-refractivity contribution in [1.29, 1.82) is 0 Å². The standard InChI is InChI=1S/C12H14ClFN6O/c1-4-20-10(9(13)6-16-20)12(21)17-15-5-8-7(2)18-19(3)11(8)14/h5-6H,4H2,1-3H3,(H,17,21). The number of nitrogens with zero attached hydrogens (tertiary/aromatic N) is 5. The molecule has 2 heterocycles. The molecule has 21 heavy (non-hydrogen) atoms. The van der Waals surface area contributed by atoms with Crippen molar-refractivity contribution in [2.75, 3.05) is 0 Å². The van der Waals surface area contributed by atoms with Gasteiger partial charge in [0.25, 0.3) is 5.91 Å². The van der Waals surface area contributed by atoms with E-state index in [4.69, 9.17) is 11.6 Å². The molecule has 0 aromatic carbocycles. The van der Waals surface area contributed by atoms with Crippen molar-refractivity contribution in [2.24, 2.45) is 12.1 Å². The molecule has 1 N–H and O–H groups in total. The number of hydrogen-bond donors (Lipinski definition) is 1. The number of hydrogen-bond acceptors (Lipinski definition) is 4. The molecule has 7 nitrogen and oxygen atoms in total. The maximum Gasteiger partial charge on any atom is 0.291 e. The Balaban J connectivity index is 2.14. The number of hydrazone groups is 1. The van der Waals surface area contributed by atoms with Gasteiger partial charge in [-0.3, -0.25) is 9.48 Å². The third kappa shape index (κ3) is 2.94. The van der Waals surface area contributed by atoms with Crippen LogP contribution in [0.5, 0.6) is 0 Å². The van der Waals surface area contributed by atoms with Gasteiger partial charge in [-0.1, -0.05) is 11.6 Å². The first-order valence-electron chi connectivity index (χ1n) is 6.19. The monoisotopic (exact) mass is 312 g/mol. The number of rotatable bonds is 4. The second-order valence-electron chi connectivity index (χ2n) is 4.27. The lowest BCUT2D eigenvalue weighted by Crippen LogP contribution is -2.22. The number of halogens is 2. The van der Waals surface area contributed by atoms with Gasteiger partial charge < -0.3 is 0 Å². The quantitative estimate of drug-likeness (QED) is 0.686. The van der Waals surface area contributed by atoms with Gasteiger partial charge in [-0.15, -0.1) is 0 Å². The Hall–Kier alpha value is -2.22. The Bertz CT molecular complexity index is 705. The smallest absolute Gasteiger partial charge is 0.266 e. The highest BCUT2D eigenvalue weighted by Crippen LogP contribution is 2.14. The van der Waals surface area contributed by atoms with Crippen molar-refractivity contribution in [1.82, 2.24) is 25.0 Å². The molecule has 0 spiro atoms. The molecule has 0 aliphatic heterocycles. The molecule has 0 atom stereocenters. The van der Waals surface area contributed by atoms with Gasteiger partial charge in [-0.05, 0) is 13.8 Å². The van der Waals surface area contributed by atoms with Crippen LogP contribution in [0.4, 0.5) is 4.39 Å². The van der Waals surface area contributed by atoms with E-state index in [1.807, 2.05) is 6.92 Å². The summed E-state index contributed by atoms with van der Waals surface area (Å²) in [4.78, 5) is 12.0. The maximum absolute atomic E-state index is 13.7. The summed E-state index contributed by atoms with van der Waals surface area (Å²) in [5.74, 6) is -1.04. The van der Waals surface area contributed by atoms with Crippen molar-refractivity contribution >= 4 is 23.7 Å². The summed E-state index contributed by atoms with van der Waals surface area (Å²) in [5, 5.41) is 11.8. The van der Waals surface area contributed by atoms with E-state index < -0.39 is 11.9 Å². The van der Waals surface area contributed by atoms with Crippen molar-refractivity contribution in [3.05, 3.63) is 34.1 Å². The van der Waals surface area contributed by atoms with E-state index in [1.54, 1.807) is 6.92 Å². The number of aromatic nitrogens is 4. The second-order valence-corrected chi connectivity index (χ2v) is 4.68. The lowest BCUT2D eigenvalue weighted by Gasteiger charge is -2.03. The van der Waals surface area contributed by atoms with Crippen molar-refractivity contribution in [2.45, 2.75) is 20.4 Å². The summed E-state index contributed by atoms with van der Waals surface area (Å²) in [6.07, 6.45) is 2.59. The van der Waals surface area contributed by atoms with Crippen molar-refractivity contribution < 1.29 is 9.18 Å². The summed E-state index contributed by atoms with van der Waals surface area (Å²) < 4.78 is 16.2. The number of nitrogens with one attached hydrogen (secondary N) is 1.